The van der Waals surface area contributed by atoms with Gasteiger partial charge in [-0.25, -0.2) is 0 Å². The van der Waals surface area contributed by atoms with Crippen molar-refractivity contribution in [1.82, 2.24) is 0 Å². The predicted molar refractivity (Wildman–Crippen MR) is 83.8 cm³/mol. The van der Waals surface area contributed by atoms with E-state index in [1.54, 1.807) is 0 Å². The fourth-order valence-electron chi connectivity index (χ4n) is 2.48. The van der Waals surface area contributed by atoms with Crippen LogP contribution in [0, 0.1) is 0 Å². The molecule has 0 radical (unpaired) electrons. The van der Waals surface area contributed by atoms with Crippen molar-refractivity contribution < 1.29 is 33.3 Å². The van der Waals surface area contributed by atoms with Crippen LogP contribution in [0.3, 0.4) is 0 Å². The number of fused-ring (bicyclic) bond motifs is 1. The minimum absolute atomic E-state index is 0.268. The molecule has 2 heterocycles. The Morgan fingerprint density at radius 1 is 1.16 bits per heavy atom. The van der Waals surface area contributed by atoms with Crippen LogP contribution in [0.5, 0.6) is 0 Å². The van der Waals surface area contributed by atoms with Crippen LogP contribution in [0.4, 0.5) is 0 Å². The summed E-state index contributed by atoms with van der Waals surface area (Å²) in [6.45, 7) is 2.11. The molecule has 25 heavy (non-hydrogen) atoms. The molecule has 0 amide bonds. The van der Waals surface area contributed by atoms with E-state index in [0.717, 1.165) is 0 Å². The van der Waals surface area contributed by atoms with Gasteiger partial charge in [0.1, 0.15) is 24.9 Å². The first-order chi connectivity index (χ1) is 11.6. The summed E-state index contributed by atoms with van der Waals surface area (Å²) >= 11 is 17.3. The van der Waals surface area contributed by atoms with E-state index < -0.39 is 52.7 Å². The zero-order valence-electron chi connectivity index (χ0n) is 13.0. The second-order valence-electron chi connectivity index (χ2n) is 5.22. The molecular weight excluding hydrogens is 405 g/mol. The number of carbonyl (C=O) groups is 2. The van der Waals surface area contributed by atoms with E-state index >= 15 is 0 Å². The third kappa shape index (κ3) is 5.01. The average molecular weight is 419 g/mol. The number of alkyl halides is 3. The molecule has 10 nitrogen and oxygen atoms in total. The highest BCUT2D eigenvalue weighted by molar-refractivity contribution is 6.67. The van der Waals surface area contributed by atoms with Crippen molar-refractivity contribution in [2.24, 2.45) is 5.11 Å². The van der Waals surface area contributed by atoms with Crippen LogP contribution >= 0.6 is 34.8 Å². The zero-order valence-corrected chi connectivity index (χ0v) is 15.3. The van der Waals surface area contributed by atoms with Gasteiger partial charge in [0.25, 0.3) is 0 Å². The van der Waals surface area contributed by atoms with Gasteiger partial charge in [-0.1, -0.05) is 39.9 Å². The number of halogens is 3. The molecule has 0 aliphatic carbocycles. The molecule has 0 spiro atoms. The van der Waals surface area contributed by atoms with Gasteiger partial charge in [0, 0.05) is 18.8 Å². The normalized spacial score (nSPS) is 34.6. The lowest BCUT2D eigenvalue weighted by Gasteiger charge is -2.39. The van der Waals surface area contributed by atoms with E-state index in [1.807, 2.05) is 0 Å². The summed E-state index contributed by atoms with van der Waals surface area (Å²) in [5, 5.41) is 3.48. The zero-order chi connectivity index (χ0) is 18.8. The van der Waals surface area contributed by atoms with Gasteiger partial charge in [0.15, 0.2) is 12.3 Å². The highest BCUT2D eigenvalue weighted by Gasteiger charge is 2.57. The highest BCUT2D eigenvalue weighted by Crippen LogP contribution is 2.43. The molecule has 0 aromatic heterocycles. The van der Waals surface area contributed by atoms with Crippen LogP contribution in [-0.4, -0.2) is 59.3 Å². The fraction of sp³-hybridized carbons (Fsp3) is 0.833. The lowest BCUT2D eigenvalue weighted by atomic mass is 9.98. The standard InChI is InChI=1S/C12H14Cl3N3O7/c1-4(19)21-3-6-7(22-5(2)20)8-9(10(23-6)17-18-16)25-11(24-8)12(13,14)15/h6-11H,3H2,1-2H3/t6-,7+,8-,9-,10-,11+/m1/s1. The summed E-state index contributed by atoms with van der Waals surface area (Å²) in [6.07, 6.45) is -6.44. The summed E-state index contributed by atoms with van der Waals surface area (Å²) in [6, 6.07) is 0. The van der Waals surface area contributed by atoms with Crippen molar-refractivity contribution in [2.45, 2.75) is 54.6 Å². The summed E-state index contributed by atoms with van der Waals surface area (Å²) < 4.78 is 24.8. The number of azide groups is 1. The molecule has 0 saturated carbocycles. The van der Waals surface area contributed by atoms with E-state index in [-0.39, 0.29) is 6.61 Å². The summed E-state index contributed by atoms with van der Waals surface area (Å²) in [4.78, 5) is 25.2. The number of carbonyl (C=O) groups excluding carboxylic acids is 2. The van der Waals surface area contributed by atoms with Gasteiger partial charge in [0.2, 0.25) is 10.1 Å². The molecule has 0 N–H and O–H groups in total. The molecule has 2 fully saturated rings. The largest absolute Gasteiger partial charge is 0.463 e. The lowest BCUT2D eigenvalue weighted by molar-refractivity contribution is -0.214. The van der Waals surface area contributed by atoms with E-state index in [1.165, 1.54) is 13.8 Å². The summed E-state index contributed by atoms with van der Waals surface area (Å²) in [7, 11) is 0. The first-order valence-corrected chi connectivity index (χ1v) is 8.14. The molecular formula is C12H14Cl3N3O7. The van der Waals surface area contributed by atoms with Crippen LogP contribution in [0.2, 0.25) is 0 Å². The van der Waals surface area contributed by atoms with Gasteiger partial charge in [-0.3, -0.25) is 9.59 Å². The first-order valence-electron chi connectivity index (χ1n) is 7.01. The van der Waals surface area contributed by atoms with E-state index in [4.69, 9.17) is 64.0 Å². The third-order valence-corrected chi connectivity index (χ3v) is 3.89. The number of hydrogen-bond donors (Lipinski definition) is 0. The molecule has 140 valence electrons. The fourth-order valence-corrected chi connectivity index (χ4v) is 2.79. The Hall–Kier alpha value is -1.00. The Kier molecular flexibility index (Phi) is 6.61. The van der Waals surface area contributed by atoms with Crippen molar-refractivity contribution >= 4 is 46.7 Å². The van der Waals surface area contributed by atoms with Gasteiger partial charge in [-0.2, -0.15) is 0 Å². The molecule has 0 aromatic rings. The third-order valence-electron chi connectivity index (χ3n) is 3.36. The number of ether oxygens (including phenoxy) is 5. The van der Waals surface area contributed by atoms with Crippen molar-refractivity contribution in [3.63, 3.8) is 0 Å². The van der Waals surface area contributed by atoms with E-state index in [9.17, 15) is 9.59 Å². The van der Waals surface area contributed by atoms with Crippen LogP contribution in [0.15, 0.2) is 5.11 Å². The van der Waals surface area contributed by atoms with E-state index in [0.29, 0.717) is 0 Å². The van der Waals surface area contributed by atoms with Crippen LogP contribution in [0.25, 0.3) is 10.4 Å². The molecule has 2 aliphatic rings. The van der Waals surface area contributed by atoms with Crippen molar-refractivity contribution in [2.75, 3.05) is 6.61 Å². The Morgan fingerprint density at radius 2 is 1.80 bits per heavy atom. The average Bonchev–Trinajstić information content (AvgIpc) is 2.93. The second-order valence-corrected chi connectivity index (χ2v) is 7.59. The smallest absolute Gasteiger partial charge is 0.303 e. The van der Waals surface area contributed by atoms with Crippen molar-refractivity contribution in [1.29, 1.82) is 0 Å². The number of rotatable bonds is 4. The predicted octanol–water partition coefficient (Wildman–Crippen LogP) is 2.00. The Morgan fingerprint density at radius 3 is 2.32 bits per heavy atom. The summed E-state index contributed by atoms with van der Waals surface area (Å²) in [5.74, 6) is -1.21. The lowest BCUT2D eigenvalue weighted by Crippen LogP contribution is -2.58. The number of esters is 2. The van der Waals surface area contributed by atoms with Gasteiger partial charge in [0.05, 0.1) is 0 Å². The van der Waals surface area contributed by atoms with Gasteiger partial charge in [-0.15, -0.1) is 0 Å². The maximum Gasteiger partial charge on any atom is 0.303 e. The van der Waals surface area contributed by atoms with Crippen LogP contribution in [-0.2, 0) is 33.3 Å². The second kappa shape index (κ2) is 8.13. The van der Waals surface area contributed by atoms with E-state index in [2.05, 4.69) is 10.0 Å². The summed E-state index contributed by atoms with van der Waals surface area (Å²) in [5.41, 5.74) is 8.71. The molecule has 0 unspecified atom stereocenters. The topological polar surface area (TPSA) is 129 Å². The Labute approximate surface area is 157 Å². The molecule has 0 aromatic carbocycles. The van der Waals surface area contributed by atoms with Gasteiger partial charge in [-0.05, 0) is 5.53 Å². The van der Waals surface area contributed by atoms with Crippen LogP contribution < -0.4 is 0 Å². The molecule has 2 saturated heterocycles. The number of nitrogens with zero attached hydrogens (tertiary/aromatic N) is 3. The Bertz CT molecular complexity index is 581. The molecule has 2 rings (SSSR count). The van der Waals surface area contributed by atoms with Crippen LogP contribution in [0.1, 0.15) is 13.8 Å². The first kappa shape index (κ1) is 20.3. The molecule has 0 bridgehead atoms. The maximum absolute atomic E-state index is 11.4. The molecule has 2 aliphatic heterocycles. The maximum atomic E-state index is 11.4. The quantitative estimate of drug-likeness (QED) is 0.224. The minimum Gasteiger partial charge on any atom is -0.463 e. The SMILES string of the molecule is CC(=O)OC[C@H]1O[C@@H](N=[N+]=[N-])[C@@H]2O[C@@H](C(Cl)(Cl)Cl)O[C@@H]2[C@H]1OC(C)=O. The minimum atomic E-state index is -1.94. The molecule has 13 heteroatoms. The molecule has 6 atom stereocenters. The van der Waals surface area contributed by atoms with Gasteiger partial charge < -0.3 is 23.7 Å². The van der Waals surface area contributed by atoms with Crippen molar-refractivity contribution in [3.8, 4) is 0 Å². The highest BCUT2D eigenvalue weighted by atomic mass is 35.6. The monoisotopic (exact) mass is 417 g/mol. The van der Waals surface area contributed by atoms with Crippen molar-refractivity contribution in [3.05, 3.63) is 10.4 Å². The number of hydrogen-bond acceptors (Lipinski definition) is 8. The van der Waals surface area contributed by atoms with Gasteiger partial charge >= 0.3 is 11.9 Å². The Balaban J connectivity index is 2.29.